The molecule has 1 aromatic rings. The van der Waals surface area contributed by atoms with E-state index in [0.29, 0.717) is 0 Å². The van der Waals surface area contributed by atoms with Crippen LogP contribution in [0.4, 0.5) is 5.69 Å². The number of nitrogens with one attached hydrogen (secondary N) is 2. The van der Waals surface area contributed by atoms with E-state index in [1.54, 1.807) is 0 Å². The first kappa shape index (κ1) is 10.8. The van der Waals surface area contributed by atoms with Gasteiger partial charge in [0.2, 0.25) is 0 Å². The largest absolute Gasteiger partial charge is 0.509 e. The molecular formula is C8H9N2Y-. The second kappa shape index (κ2) is 5.45. The molecule has 0 saturated carbocycles. The number of rotatable bonds is 2. The maximum atomic E-state index is 6.68. The second-order valence-corrected chi connectivity index (χ2v) is 2.06. The zero-order valence-corrected chi connectivity index (χ0v) is 9.23. The minimum Gasteiger partial charge on any atom is -0.509 e. The van der Waals surface area contributed by atoms with Gasteiger partial charge < -0.3 is 10.7 Å². The molecule has 3 heteroatoms. The van der Waals surface area contributed by atoms with Crippen LogP contribution in [0.25, 0.3) is 0 Å². The first-order valence-corrected chi connectivity index (χ1v) is 3.08. The fourth-order valence-electron chi connectivity index (χ4n) is 0.780. The molecule has 1 aromatic carbocycles. The SMILES string of the molecule is Cc1ccccc1N[C-]=N.[Y]. The normalized spacial score (nSPS) is 8.09. The van der Waals surface area contributed by atoms with Crippen LogP contribution in [0.15, 0.2) is 24.3 Å². The fourth-order valence-corrected chi connectivity index (χ4v) is 0.780. The fraction of sp³-hybridized carbons (Fsp3) is 0.125. The Balaban J connectivity index is 0.000001000. The van der Waals surface area contributed by atoms with Gasteiger partial charge in [0.25, 0.3) is 0 Å². The van der Waals surface area contributed by atoms with Crippen molar-refractivity contribution in [2.75, 3.05) is 5.32 Å². The van der Waals surface area contributed by atoms with Crippen molar-refractivity contribution >= 4 is 12.0 Å². The molecule has 1 radical (unpaired) electrons. The average Bonchev–Trinajstić information content (AvgIpc) is 1.94. The van der Waals surface area contributed by atoms with Crippen LogP contribution < -0.4 is 5.32 Å². The Morgan fingerprint density at radius 2 is 2.00 bits per heavy atom. The molecule has 0 heterocycles. The van der Waals surface area contributed by atoms with Crippen molar-refractivity contribution in [3.05, 3.63) is 29.8 Å². The zero-order valence-electron chi connectivity index (χ0n) is 6.39. The molecule has 0 atom stereocenters. The Labute approximate surface area is 91.8 Å². The van der Waals surface area contributed by atoms with Crippen molar-refractivity contribution in [2.45, 2.75) is 6.92 Å². The van der Waals surface area contributed by atoms with Crippen LogP contribution in [0.2, 0.25) is 0 Å². The molecule has 0 aromatic heterocycles. The molecule has 0 saturated heterocycles. The molecule has 0 aliphatic carbocycles. The molecule has 2 N–H and O–H groups in total. The van der Waals surface area contributed by atoms with Gasteiger partial charge in [-0.05, 0) is 0 Å². The van der Waals surface area contributed by atoms with Gasteiger partial charge in [-0.25, -0.2) is 0 Å². The van der Waals surface area contributed by atoms with E-state index >= 15 is 0 Å². The molecule has 0 spiro atoms. The van der Waals surface area contributed by atoms with Crippen molar-refractivity contribution in [1.29, 1.82) is 5.41 Å². The summed E-state index contributed by atoms with van der Waals surface area (Å²) in [6.07, 6.45) is 2.12. The van der Waals surface area contributed by atoms with Gasteiger partial charge >= 0.3 is 0 Å². The van der Waals surface area contributed by atoms with Crippen molar-refractivity contribution in [3.8, 4) is 0 Å². The van der Waals surface area contributed by atoms with E-state index in [1.807, 2.05) is 31.2 Å². The Bertz CT molecular complexity index is 235. The average molecular weight is 222 g/mol. The summed E-state index contributed by atoms with van der Waals surface area (Å²) in [7, 11) is 0. The summed E-state index contributed by atoms with van der Waals surface area (Å²) in [6.45, 7) is 1.99. The third-order valence-corrected chi connectivity index (χ3v) is 1.34. The van der Waals surface area contributed by atoms with Crippen LogP contribution in [-0.4, -0.2) is 6.34 Å². The van der Waals surface area contributed by atoms with Gasteiger partial charge in [-0.1, -0.05) is 31.5 Å². The molecule has 2 nitrogen and oxygen atoms in total. The number of benzene rings is 1. The topological polar surface area (TPSA) is 35.9 Å². The summed E-state index contributed by atoms with van der Waals surface area (Å²) >= 11 is 0. The number of anilines is 1. The van der Waals surface area contributed by atoms with E-state index < -0.39 is 0 Å². The van der Waals surface area contributed by atoms with E-state index in [0.717, 1.165) is 11.3 Å². The summed E-state index contributed by atoms with van der Waals surface area (Å²) in [6, 6.07) is 7.79. The maximum absolute atomic E-state index is 6.68. The Hall–Kier alpha value is -0.206. The van der Waals surface area contributed by atoms with Crippen LogP contribution >= 0.6 is 0 Å². The molecule has 1 rings (SSSR count). The van der Waals surface area contributed by atoms with E-state index in [1.165, 1.54) is 0 Å². The van der Waals surface area contributed by atoms with Crippen molar-refractivity contribution in [3.63, 3.8) is 0 Å². The quantitative estimate of drug-likeness (QED) is 0.341. The first-order chi connectivity index (χ1) is 4.84. The van der Waals surface area contributed by atoms with Gasteiger partial charge in [-0.2, -0.15) is 0 Å². The predicted molar refractivity (Wildman–Crippen MR) is 42.5 cm³/mol. The van der Waals surface area contributed by atoms with E-state index in [-0.39, 0.29) is 32.7 Å². The van der Waals surface area contributed by atoms with Gasteiger partial charge in [-0.3, -0.25) is 0 Å². The third kappa shape index (κ3) is 3.13. The van der Waals surface area contributed by atoms with Crippen LogP contribution in [0.1, 0.15) is 5.56 Å². The summed E-state index contributed by atoms with van der Waals surface area (Å²) in [5.74, 6) is 0. The smallest absolute Gasteiger partial charge is 0 e. The minimum atomic E-state index is 0. The van der Waals surface area contributed by atoms with Gasteiger partial charge in [-0.15, -0.1) is 17.3 Å². The van der Waals surface area contributed by atoms with Crippen molar-refractivity contribution in [2.24, 2.45) is 0 Å². The van der Waals surface area contributed by atoms with E-state index in [4.69, 9.17) is 5.41 Å². The monoisotopic (exact) mass is 222 g/mol. The van der Waals surface area contributed by atoms with Crippen LogP contribution in [0.3, 0.4) is 0 Å². The molecular weight excluding hydrogens is 213 g/mol. The van der Waals surface area contributed by atoms with Crippen LogP contribution in [-0.2, 0) is 32.7 Å². The summed E-state index contributed by atoms with van der Waals surface area (Å²) in [5, 5.41) is 9.37. The van der Waals surface area contributed by atoms with Crippen LogP contribution in [0, 0.1) is 12.3 Å². The predicted octanol–water partition coefficient (Wildman–Crippen LogP) is 1.89. The molecule has 11 heavy (non-hydrogen) atoms. The molecule has 0 unspecified atom stereocenters. The Kier molecular flexibility index (Phi) is 5.34. The number of aryl methyl sites for hydroxylation is 1. The Morgan fingerprint density at radius 3 is 2.55 bits per heavy atom. The van der Waals surface area contributed by atoms with E-state index in [2.05, 4.69) is 11.7 Å². The van der Waals surface area contributed by atoms with Gasteiger partial charge in [0.05, 0.1) is 0 Å². The minimum absolute atomic E-state index is 0. The summed E-state index contributed by atoms with van der Waals surface area (Å²) in [5.41, 5.74) is 2.07. The molecule has 55 valence electrons. The molecule has 0 fully saturated rings. The first-order valence-electron chi connectivity index (χ1n) is 3.08. The summed E-state index contributed by atoms with van der Waals surface area (Å²) in [4.78, 5) is 0. The third-order valence-electron chi connectivity index (χ3n) is 1.34. The number of hydrogen-bond acceptors (Lipinski definition) is 1. The molecule has 0 aliphatic heterocycles. The van der Waals surface area contributed by atoms with Crippen molar-refractivity contribution in [1.82, 2.24) is 0 Å². The number of hydrogen-bond donors (Lipinski definition) is 2. The van der Waals surface area contributed by atoms with Gasteiger partial charge in [0, 0.05) is 32.7 Å². The van der Waals surface area contributed by atoms with E-state index in [9.17, 15) is 0 Å². The van der Waals surface area contributed by atoms with Crippen LogP contribution in [0.5, 0.6) is 0 Å². The summed E-state index contributed by atoms with van der Waals surface area (Å²) < 4.78 is 0. The number of para-hydroxylation sites is 1. The maximum Gasteiger partial charge on any atom is 0 e. The molecule has 0 bridgehead atoms. The molecule has 0 amide bonds. The zero-order chi connectivity index (χ0) is 7.40. The second-order valence-electron chi connectivity index (χ2n) is 2.06. The van der Waals surface area contributed by atoms with Gasteiger partial charge in [0.1, 0.15) is 0 Å². The Morgan fingerprint density at radius 1 is 1.36 bits per heavy atom. The van der Waals surface area contributed by atoms with Crippen molar-refractivity contribution < 1.29 is 32.7 Å². The standard InChI is InChI=1S/C8H9N2.Y/c1-7-4-2-3-5-8(7)10-6-9;/h2-5H,1H3,(H2,9,10);/q-1;. The molecule has 0 aliphatic rings. The van der Waals surface area contributed by atoms with Gasteiger partial charge in [0.15, 0.2) is 0 Å².